The van der Waals surface area contributed by atoms with Gasteiger partial charge in [0.2, 0.25) is 0 Å². The molecule has 0 radical (unpaired) electrons. The Labute approximate surface area is 153 Å². The van der Waals surface area contributed by atoms with Crippen LogP contribution in [0, 0.1) is 11.6 Å². The summed E-state index contributed by atoms with van der Waals surface area (Å²) in [7, 11) is 0. The number of rotatable bonds is 3. The first-order valence-electron chi connectivity index (χ1n) is 7.31. The van der Waals surface area contributed by atoms with Gasteiger partial charge in [0.15, 0.2) is 11.6 Å². The summed E-state index contributed by atoms with van der Waals surface area (Å²) in [6.07, 6.45) is 0. The van der Waals surface area contributed by atoms with Crippen LogP contribution in [0.15, 0.2) is 42.5 Å². The fourth-order valence-corrected chi connectivity index (χ4v) is 3.01. The molecule has 2 aromatic carbocycles. The van der Waals surface area contributed by atoms with Crippen LogP contribution in [0.3, 0.4) is 0 Å². The number of pyridine rings is 1. The van der Waals surface area contributed by atoms with Gasteiger partial charge in [-0.05, 0) is 42.5 Å². The van der Waals surface area contributed by atoms with Crippen molar-refractivity contribution >= 4 is 28.9 Å². The maximum atomic E-state index is 13.6. The number of anilines is 1. The molecule has 0 saturated heterocycles. The summed E-state index contributed by atoms with van der Waals surface area (Å²) in [4.78, 5) is 4.53. The van der Waals surface area contributed by atoms with Crippen LogP contribution >= 0.6 is 23.2 Å². The summed E-state index contributed by atoms with van der Waals surface area (Å²) >= 11 is 12.2. The molecule has 0 aliphatic heterocycles. The number of hydrogen-bond donors (Lipinski definition) is 2. The molecular formula is C18H13Cl2F2N3. The molecule has 0 aliphatic carbocycles. The maximum absolute atomic E-state index is 13.6. The molecular weight excluding hydrogens is 367 g/mol. The third kappa shape index (κ3) is 3.44. The Morgan fingerprint density at radius 3 is 2.36 bits per heavy atom. The molecule has 3 aromatic rings. The van der Waals surface area contributed by atoms with Crippen LogP contribution in [0.2, 0.25) is 10.0 Å². The first-order valence-corrected chi connectivity index (χ1v) is 8.06. The van der Waals surface area contributed by atoms with Crippen molar-refractivity contribution in [3.8, 4) is 22.5 Å². The minimum Gasteiger partial charge on any atom is -0.398 e. The lowest BCUT2D eigenvalue weighted by molar-refractivity contribution is 0.509. The molecule has 3 rings (SSSR count). The van der Waals surface area contributed by atoms with Crippen molar-refractivity contribution in [2.45, 2.75) is 6.54 Å². The summed E-state index contributed by atoms with van der Waals surface area (Å²) in [6.45, 7) is 0.144. The normalized spacial score (nSPS) is 10.9. The van der Waals surface area contributed by atoms with E-state index in [0.717, 1.165) is 12.1 Å². The number of nitrogen functional groups attached to an aromatic ring is 1. The van der Waals surface area contributed by atoms with Crippen LogP contribution in [-0.4, -0.2) is 4.98 Å². The second kappa shape index (κ2) is 6.96. The van der Waals surface area contributed by atoms with Gasteiger partial charge in [-0.15, -0.1) is 0 Å². The standard InChI is InChI=1S/C18H13Cl2F2N3/c19-10-2-3-11(13(20)6-10)18-12(8-23)16(24)7-17(25-18)9-1-4-14(21)15(22)5-9/h1-7H,8,23H2,(H2,24,25). The van der Waals surface area contributed by atoms with E-state index in [1.807, 2.05) is 0 Å². The zero-order valence-electron chi connectivity index (χ0n) is 12.9. The van der Waals surface area contributed by atoms with Gasteiger partial charge in [-0.25, -0.2) is 13.8 Å². The summed E-state index contributed by atoms with van der Waals surface area (Å²) in [5.74, 6) is -1.90. The monoisotopic (exact) mass is 379 g/mol. The smallest absolute Gasteiger partial charge is 0.159 e. The number of hydrogen-bond acceptors (Lipinski definition) is 3. The van der Waals surface area contributed by atoms with Crippen molar-refractivity contribution in [3.63, 3.8) is 0 Å². The van der Waals surface area contributed by atoms with Crippen molar-refractivity contribution in [2.75, 3.05) is 5.73 Å². The van der Waals surface area contributed by atoms with Gasteiger partial charge in [0.25, 0.3) is 0 Å². The minimum absolute atomic E-state index is 0.144. The topological polar surface area (TPSA) is 64.9 Å². The molecule has 0 saturated carbocycles. The first kappa shape index (κ1) is 17.6. The Hall–Kier alpha value is -2.21. The van der Waals surface area contributed by atoms with Gasteiger partial charge in [-0.2, -0.15) is 0 Å². The highest BCUT2D eigenvalue weighted by molar-refractivity contribution is 6.36. The maximum Gasteiger partial charge on any atom is 0.159 e. The predicted molar refractivity (Wildman–Crippen MR) is 97.3 cm³/mol. The zero-order valence-corrected chi connectivity index (χ0v) is 14.4. The van der Waals surface area contributed by atoms with E-state index < -0.39 is 11.6 Å². The summed E-state index contributed by atoms with van der Waals surface area (Å²) in [5.41, 5.74) is 14.7. The zero-order chi connectivity index (χ0) is 18.1. The van der Waals surface area contributed by atoms with E-state index in [9.17, 15) is 8.78 Å². The Balaban J connectivity index is 2.23. The fourth-order valence-electron chi connectivity index (χ4n) is 2.51. The number of nitrogens with zero attached hydrogens (tertiary/aromatic N) is 1. The summed E-state index contributed by atoms with van der Waals surface area (Å²) in [5, 5.41) is 0.865. The lowest BCUT2D eigenvalue weighted by Gasteiger charge is -2.14. The quantitative estimate of drug-likeness (QED) is 0.669. The van der Waals surface area contributed by atoms with Crippen LogP contribution in [0.25, 0.3) is 22.5 Å². The highest BCUT2D eigenvalue weighted by atomic mass is 35.5. The molecule has 0 atom stereocenters. The Bertz CT molecular complexity index is 961. The van der Waals surface area contributed by atoms with Crippen LogP contribution in [0.5, 0.6) is 0 Å². The van der Waals surface area contributed by atoms with E-state index in [4.69, 9.17) is 34.7 Å². The second-order valence-electron chi connectivity index (χ2n) is 5.38. The summed E-state index contributed by atoms with van der Waals surface area (Å²) in [6, 6.07) is 10.1. The van der Waals surface area contributed by atoms with Gasteiger partial charge >= 0.3 is 0 Å². The van der Waals surface area contributed by atoms with Crippen molar-refractivity contribution in [1.82, 2.24) is 4.98 Å². The third-order valence-corrected chi connectivity index (χ3v) is 4.31. The highest BCUT2D eigenvalue weighted by Crippen LogP contribution is 2.35. The molecule has 0 fully saturated rings. The van der Waals surface area contributed by atoms with Gasteiger partial charge in [0.05, 0.1) is 16.4 Å². The molecule has 0 unspecified atom stereocenters. The molecule has 25 heavy (non-hydrogen) atoms. The van der Waals surface area contributed by atoms with E-state index in [1.165, 1.54) is 6.07 Å². The van der Waals surface area contributed by atoms with Gasteiger partial charge in [0, 0.05) is 33.9 Å². The second-order valence-corrected chi connectivity index (χ2v) is 6.22. The molecule has 7 heteroatoms. The third-order valence-electron chi connectivity index (χ3n) is 3.76. The summed E-state index contributed by atoms with van der Waals surface area (Å²) < 4.78 is 26.7. The fraction of sp³-hybridized carbons (Fsp3) is 0.0556. The van der Waals surface area contributed by atoms with Gasteiger partial charge in [-0.1, -0.05) is 23.2 Å². The van der Waals surface area contributed by atoms with E-state index in [-0.39, 0.29) is 6.54 Å². The number of benzene rings is 2. The average Bonchev–Trinajstić information content (AvgIpc) is 2.56. The number of aromatic nitrogens is 1. The highest BCUT2D eigenvalue weighted by Gasteiger charge is 2.16. The number of halogens is 4. The van der Waals surface area contributed by atoms with Crippen LogP contribution in [-0.2, 0) is 6.54 Å². The molecule has 128 valence electrons. The molecule has 3 nitrogen and oxygen atoms in total. The molecule has 4 N–H and O–H groups in total. The van der Waals surface area contributed by atoms with Crippen molar-refractivity contribution in [2.24, 2.45) is 5.73 Å². The van der Waals surface area contributed by atoms with Crippen molar-refractivity contribution < 1.29 is 8.78 Å². The minimum atomic E-state index is -0.966. The SMILES string of the molecule is NCc1c(N)cc(-c2ccc(F)c(F)c2)nc1-c1ccc(Cl)cc1Cl. The van der Waals surface area contributed by atoms with Gasteiger partial charge in [-0.3, -0.25) is 0 Å². The Kier molecular flexibility index (Phi) is 4.90. The van der Waals surface area contributed by atoms with Gasteiger partial charge < -0.3 is 11.5 Å². The molecule has 0 aliphatic rings. The van der Waals surface area contributed by atoms with E-state index in [0.29, 0.717) is 43.8 Å². The van der Waals surface area contributed by atoms with Crippen LogP contribution < -0.4 is 11.5 Å². The molecule has 0 spiro atoms. The lowest BCUT2D eigenvalue weighted by Crippen LogP contribution is -2.07. The van der Waals surface area contributed by atoms with E-state index in [1.54, 1.807) is 24.3 Å². The Morgan fingerprint density at radius 1 is 0.960 bits per heavy atom. The van der Waals surface area contributed by atoms with Gasteiger partial charge in [0.1, 0.15) is 0 Å². The average molecular weight is 380 g/mol. The predicted octanol–water partition coefficient (Wildman–Crippen LogP) is 5.04. The van der Waals surface area contributed by atoms with E-state index in [2.05, 4.69) is 4.98 Å². The molecule has 1 aromatic heterocycles. The van der Waals surface area contributed by atoms with E-state index >= 15 is 0 Å². The molecule has 0 bridgehead atoms. The number of nitrogens with two attached hydrogens (primary N) is 2. The van der Waals surface area contributed by atoms with Crippen LogP contribution in [0.1, 0.15) is 5.56 Å². The lowest BCUT2D eigenvalue weighted by atomic mass is 10.0. The Morgan fingerprint density at radius 2 is 1.72 bits per heavy atom. The molecule has 0 amide bonds. The van der Waals surface area contributed by atoms with Crippen LogP contribution in [0.4, 0.5) is 14.5 Å². The van der Waals surface area contributed by atoms with Crippen molar-refractivity contribution in [1.29, 1.82) is 0 Å². The molecule has 1 heterocycles. The first-order chi connectivity index (χ1) is 11.9. The van der Waals surface area contributed by atoms with Crippen molar-refractivity contribution in [3.05, 3.63) is 69.7 Å². The largest absolute Gasteiger partial charge is 0.398 e.